The van der Waals surface area contributed by atoms with Crippen molar-refractivity contribution < 1.29 is 36.3 Å². The summed E-state index contributed by atoms with van der Waals surface area (Å²) < 4.78 is 52.5. The molecule has 5 atom stereocenters. The van der Waals surface area contributed by atoms with Gasteiger partial charge in [-0.25, -0.2) is 22.7 Å². The Morgan fingerprint density at radius 1 is 0.793 bits per heavy atom. The third-order valence-electron chi connectivity index (χ3n) is 9.53. The van der Waals surface area contributed by atoms with Crippen LogP contribution >= 0.6 is 0 Å². The highest BCUT2D eigenvalue weighted by Gasteiger charge is 2.44. The summed E-state index contributed by atoms with van der Waals surface area (Å²) in [6.07, 6.45) is 11.5. The van der Waals surface area contributed by atoms with Gasteiger partial charge >= 0.3 is 12.2 Å². The van der Waals surface area contributed by atoms with Crippen molar-refractivity contribution in [2.75, 3.05) is 13.1 Å². The third-order valence-corrected chi connectivity index (χ3v) is 12.5. The van der Waals surface area contributed by atoms with Crippen molar-refractivity contribution in [3.05, 3.63) is 48.8 Å². The number of likely N-dealkylation sites (tertiary alicyclic amines) is 2. The molecule has 58 heavy (non-hydrogen) atoms. The lowest BCUT2D eigenvalue weighted by atomic mass is 9.92. The first-order chi connectivity index (χ1) is 26.4. The van der Waals surface area contributed by atoms with E-state index in [2.05, 4.69) is 41.2 Å². The SMILES string of the molecule is CC(C)(C)OC(=O)N1C[C@@H](CCC(NS(=O)C(C)(C)C)c2ccco2)CC1(C)C.CC(C)(C)OC(=O)N1C[C@@H](CCC=NS(=O)C(C)(C)C)CC1(C)C.c1ccoc1. The average molecular weight is 853 g/mol. The molecule has 2 saturated heterocycles. The van der Waals surface area contributed by atoms with E-state index in [9.17, 15) is 18.0 Å². The summed E-state index contributed by atoms with van der Waals surface area (Å²) in [7, 11) is -2.39. The van der Waals surface area contributed by atoms with Crippen LogP contribution in [0.4, 0.5) is 9.59 Å². The molecule has 4 heterocycles. The smallest absolute Gasteiger partial charge is 0.410 e. The minimum atomic E-state index is -1.20. The normalized spacial score (nSPS) is 21.0. The molecule has 0 saturated carbocycles. The zero-order chi connectivity index (χ0) is 44.3. The lowest BCUT2D eigenvalue weighted by molar-refractivity contribution is 0.0118. The van der Waals surface area contributed by atoms with Gasteiger partial charge in [-0.3, -0.25) is 0 Å². The van der Waals surface area contributed by atoms with Crippen molar-refractivity contribution in [1.29, 1.82) is 0 Å². The predicted octanol–water partition coefficient (Wildman–Crippen LogP) is 10.8. The molecule has 0 bridgehead atoms. The Kier molecular flexibility index (Phi) is 18.5. The molecule has 4 rings (SSSR count). The van der Waals surface area contributed by atoms with Gasteiger partial charge < -0.3 is 28.1 Å². The lowest BCUT2D eigenvalue weighted by Gasteiger charge is -2.33. The van der Waals surface area contributed by atoms with E-state index in [0.29, 0.717) is 24.9 Å². The van der Waals surface area contributed by atoms with E-state index >= 15 is 0 Å². The van der Waals surface area contributed by atoms with E-state index in [4.69, 9.17) is 13.9 Å². The Bertz CT molecular complexity index is 1590. The second kappa shape index (κ2) is 21.0. The maximum Gasteiger partial charge on any atom is 0.410 e. The summed E-state index contributed by atoms with van der Waals surface area (Å²) >= 11 is 0. The van der Waals surface area contributed by atoms with Crippen LogP contribution in [-0.4, -0.2) is 81.5 Å². The first-order valence-corrected chi connectivity index (χ1v) is 22.8. The van der Waals surface area contributed by atoms with Crippen molar-refractivity contribution in [1.82, 2.24) is 14.5 Å². The minimum Gasteiger partial charge on any atom is -0.473 e. The van der Waals surface area contributed by atoms with E-state index in [0.717, 1.165) is 44.3 Å². The van der Waals surface area contributed by atoms with Gasteiger partial charge in [0.2, 0.25) is 0 Å². The molecule has 2 amide bonds. The Labute approximate surface area is 355 Å². The fourth-order valence-electron chi connectivity index (χ4n) is 6.71. The number of nitrogens with one attached hydrogen (secondary N) is 1. The Balaban J connectivity index is 0.000000361. The summed E-state index contributed by atoms with van der Waals surface area (Å²) in [5, 5.41) is 0. The summed E-state index contributed by atoms with van der Waals surface area (Å²) in [6.45, 7) is 32.7. The van der Waals surface area contributed by atoms with Crippen molar-refractivity contribution in [2.24, 2.45) is 16.2 Å². The van der Waals surface area contributed by atoms with Gasteiger partial charge in [0.25, 0.3) is 0 Å². The molecule has 2 aromatic rings. The second-order valence-electron chi connectivity index (χ2n) is 20.6. The number of nitrogens with zero attached hydrogens (tertiary/aromatic N) is 3. The first kappa shape index (κ1) is 51.2. The number of carbonyl (C=O) groups is 2. The second-order valence-corrected chi connectivity index (χ2v) is 24.5. The molecule has 0 spiro atoms. The van der Waals surface area contributed by atoms with Crippen LogP contribution in [0.3, 0.4) is 0 Å². The molecule has 0 aliphatic carbocycles. The van der Waals surface area contributed by atoms with Gasteiger partial charge in [0.1, 0.15) is 27.9 Å². The van der Waals surface area contributed by atoms with Gasteiger partial charge in [-0.2, -0.15) is 4.40 Å². The van der Waals surface area contributed by atoms with Crippen molar-refractivity contribution in [3.8, 4) is 0 Å². The van der Waals surface area contributed by atoms with E-state index in [-0.39, 0.29) is 38.8 Å². The largest absolute Gasteiger partial charge is 0.473 e. The van der Waals surface area contributed by atoms with Crippen LogP contribution in [0.25, 0.3) is 0 Å². The van der Waals surface area contributed by atoms with Gasteiger partial charge in [-0.1, -0.05) is 0 Å². The molecule has 14 heteroatoms. The molecule has 0 radical (unpaired) electrons. The van der Waals surface area contributed by atoms with Gasteiger partial charge in [-0.05, 0) is 185 Å². The molecule has 2 fully saturated rings. The van der Waals surface area contributed by atoms with E-state index < -0.39 is 33.2 Å². The number of furan rings is 2. The van der Waals surface area contributed by atoms with Gasteiger partial charge in [0.15, 0.2) is 0 Å². The number of ether oxygens (including phenoxy) is 2. The quantitative estimate of drug-likeness (QED) is 0.233. The number of rotatable bonds is 10. The Hall–Kier alpha value is -2.97. The number of amides is 2. The fraction of sp³-hybridized carbons (Fsp3) is 0.750. The maximum absolute atomic E-state index is 12.6. The highest BCUT2D eigenvalue weighted by molar-refractivity contribution is 7.85. The number of hydrogen-bond donors (Lipinski definition) is 1. The summed E-state index contributed by atoms with van der Waals surface area (Å²) in [6, 6.07) is 7.32. The van der Waals surface area contributed by atoms with Crippen LogP contribution in [0.1, 0.15) is 161 Å². The van der Waals surface area contributed by atoms with Crippen LogP contribution in [0, 0.1) is 11.8 Å². The highest BCUT2D eigenvalue weighted by Crippen LogP contribution is 2.38. The zero-order valence-electron chi connectivity index (χ0n) is 38.4. The van der Waals surface area contributed by atoms with Crippen molar-refractivity contribution >= 4 is 40.4 Å². The number of hydrogen-bond acceptors (Lipinski definition) is 8. The topological polar surface area (TPSA) is 144 Å². The molecule has 2 aromatic heterocycles. The van der Waals surface area contributed by atoms with Crippen LogP contribution in [-0.2, 0) is 31.4 Å². The molecule has 2 aliphatic rings. The predicted molar refractivity (Wildman–Crippen MR) is 236 cm³/mol. The molecule has 332 valence electrons. The zero-order valence-corrected chi connectivity index (χ0v) is 40.1. The monoisotopic (exact) mass is 853 g/mol. The minimum absolute atomic E-state index is 0.122. The molecule has 3 unspecified atom stereocenters. The van der Waals surface area contributed by atoms with Crippen LogP contribution in [0.5, 0.6) is 0 Å². The van der Waals surface area contributed by atoms with Crippen molar-refractivity contribution in [3.63, 3.8) is 0 Å². The highest BCUT2D eigenvalue weighted by atomic mass is 32.2. The van der Waals surface area contributed by atoms with Gasteiger partial charge in [0.05, 0.1) is 45.3 Å². The third kappa shape index (κ3) is 18.1. The van der Waals surface area contributed by atoms with E-state index in [1.54, 1.807) is 25.0 Å². The Morgan fingerprint density at radius 2 is 1.28 bits per heavy atom. The number of carbonyl (C=O) groups excluding carboxylic acids is 2. The summed E-state index contributed by atoms with van der Waals surface area (Å²) in [5.41, 5.74) is -1.42. The van der Waals surface area contributed by atoms with E-state index in [1.807, 2.05) is 117 Å². The van der Waals surface area contributed by atoms with Gasteiger partial charge in [0, 0.05) is 30.4 Å². The molecular formula is C44H76N4O8S2. The molecule has 0 aromatic carbocycles. The standard InChI is InChI=1S/C22H38N2O4S.C18H34N2O3S.C4H4O/c1-20(2,3)28-19(25)24-15-16(14-22(24,7)8)11-12-17(18-10-9-13-27-18)23-29(26)21(4,5)6;1-16(2,3)23-15(21)20-13-14(12-18(20,7)8)10-9-11-19-24(22)17(4,5)6;1-2-4-5-3-1/h9-10,13,16-17,23H,11-12,14-15H2,1-8H3;11,14H,9-10,12-13H2,1-8H3;1-4H/t16-,17?,29?;14-,24?;/m00./s1. The molecule has 2 aliphatic heterocycles. The van der Waals surface area contributed by atoms with Gasteiger partial charge in [-0.15, -0.1) is 0 Å². The average Bonchev–Trinajstić information content (AvgIpc) is 3.87. The lowest BCUT2D eigenvalue weighted by Crippen LogP contribution is -2.45. The van der Waals surface area contributed by atoms with Crippen LogP contribution in [0.15, 0.2) is 56.3 Å². The molecule has 12 nitrogen and oxygen atoms in total. The summed E-state index contributed by atoms with van der Waals surface area (Å²) in [5.74, 6) is 1.57. The summed E-state index contributed by atoms with van der Waals surface area (Å²) in [4.78, 5) is 28.7. The van der Waals surface area contributed by atoms with Crippen LogP contribution in [0.2, 0.25) is 0 Å². The van der Waals surface area contributed by atoms with Crippen LogP contribution < -0.4 is 4.72 Å². The fourth-order valence-corrected chi connectivity index (χ4v) is 8.11. The maximum atomic E-state index is 12.6. The molecular weight excluding hydrogens is 777 g/mol. The van der Waals surface area contributed by atoms with E-state index in [1.165, 1.54) is 0 Å². The first-order valence-electron chi connectivity index (χ1n) is 20.6. The van der Waals surface area contributed by atoms with Crippen molar-refractivity contribution in [2.45, 2.75) is 187 Å². The Morgan fingerprint density at radius 3 is 1.66 bits per heavy atom. The molecule has 1 N–H and O–H groups in total.